The number of nitrogens with zero attached hydrogens (tertiary/aromatic N) is 1. The summed E-state index contributed by atoms with van der Waals surface area (Å²) in [5.41, 5.74) is 1.86. The number of likely N-dealkylation sites (tertiary alicyclic amines) is 1. The molecule has 0 spiro atoms. The molecule has 1 aromatic heterocycles. The second-order valence-electron chi connectivity index (χ2n) is 6.92. The fourth-order valence-electron chi connectivity index (χ4n) is 3.47. The van der Waals surface area contributed by atoms with Crippen LogP contribution in [-0.2, 0) is 11.2 Å². The average Bonchev–Trinajstić information content (AvgIpc) is 3.11. The summed E-state index contributed by atoms with van der Waals surface area (Å²) in [6.45, 7) is 3.33. The summed E-state index contributed by atoms with van der Waals surface area (Å²) in [6, 6.07) is 12.2. The van der Waals surface area contributed by atoms with E-state index in [4.69, 9.17) is 4.42 Å². The van der Waals surface area contributed by atoms with Crippen molar-refractivity contribution >= 4 is 11.8 Å². The molecule has 138 valence electrons. The highest BCUT2D eigenvalue weighted by molar-refractivity contribution is 5.97. The lowest BCUT2D eigenvalue weighted by atomic mass is 9.90. The highest BCUT2D eigenvalue weighted by Crippen LogP contribution is 2.22. The van der Waals surface area contributed by atoms with E-state index in [-0.39, 0.29) is 18.4 Å². The number of nitrogens with one attached hydrogen (secondary N) is 1. The van der Waals surface area contributed by atoms with Gasteiger partial charge < -0.3 is 14.6 Å². The molecule has 1 saturated heterocycles. The van der Waals surface area contributed by atoms with Crippen LogP contribution in [0.3, 0.4) is 0 Å². The van der Waals surface area contributed by atoms with Gasteiger partial charge in [-0.15, -0.1) is 0 Å². The molecule has 1 fully saturated rings. The van der Waals surface area contributed by atoms with Crippen molar-refractivity contribution in [1.29, 1.82) is 0 Å². The predicted molar refractivity (Wildman–Crippen MR) is 99.8 cm³/mol. The predicted octanol–water partition coefficient (Wildman–Crippen LogP) is 3.19. The van der Waals surface area contributed by atoms with E-state index < -0.39 is 0 Å². The number of carbonyl (C=O) groups is 2. The van der Waals surface area contributed by atoms with Gasteiger partial charge in [0, 0.05) is 13.1 Å². The summed E-state index contributed by atoms with van der Waals surface area (Å²) in [5, 5.41) is 2.69. The SMILES string of the molecule is Cc1occc1C(=O)NCC(=O)N1CCC(CCc2ccccc2)CC1. The molecule has 0 aliphatic carbocycles. The monoisotopic (exact) mass is 354 g/mol. The molecule has 0 radical (unpaired) electrons. The van der Waals surface area contributed by atoms with Crippen LogP contribution in [0.2, 0.25) is 0 Å². The van der Waals surface area contributed by atoms with Gasteiger partial charge in [0.05, 0.1) is 18.4 Å². The quantitative estimate of drug-likeness (QED) is 0.866. The van der Waals surface area contributed by atoms with E-state index in [2.05, 4.69) is 29.6 Å². The zero-order valence-electron chi connectivity index (χ0n) is 15.2. The third-order valence-corrected chi connectivity index (χ3v) is 5.15. The third kappa shape index (κ3) is 4.75. The van der Waals surface area contributed by atoms with Crippen molar-refractivity contribution in [3.05, 3.63) is 59.5 Å². The Labute approximate surface area is 154 Å². The average molecular weight is 354 g/mol. The molecule has 5 nitrogen and oxygen atoms in total. The molecule has 0 atom stereocenters. The van der Waals surface area contributed by atoms with Crippen molar-refractivity contribution in [2.24, 2.45) is 5.92 Å². The molecule has 3 rings (SSSR count). The first-order chi connectivity index (χ1) is 12.6. The van der Waals surface area contributed by atoms with Gasteiger partial charge in [0.15, 0.2) is 0 Å². The molecule has 2 aromatic rings. The lowest BCUT2D eigenvalue weighted by molar-refractivity contribution is -0.131. The van der Waals surface area contributed by atoms with E-state index in [0.717, 1.165) is 32.4 Å². The van der Waals surface area contributed by atoms with Gasteiger partial charge in [0.1, 0.15) is 5.76 Å². The van der Waals surface area contributed by atoms with E-state index in [1.54, 1.807) is 13.0 Å². The Morgan fingerprint density at radius 1 is 1.15 bits per heavy atom. The first-order valence-electron chi connectivity index (χ1n) is 9.27. The van der Waals surface area contributed by atoms with Gasteiger partial charge in [-0.3, -0.25) is 9.59 Å². The highest BCUT2D eigenvalue weighted by atomic mass is 16.3. The van der Waals surface area contributed by atoms with E-state index in [1.807, 2.05) is 11.0 Å². The summed E-state index contributed by atoms with van der Waals surface area (Å²) < 4.78 is 5.12. The minimum atomic E-state index is -0.262. The van der Waals surface area contributed by atoms with Crippen LogP contribution in [0.15, 0.2) is 47.1 Å². The maximum absolute atomic E-state index is 12.3. The normalized spacial score (nSPS) is 15.0. The Balaban J connectivity index is 1.38. The van der Waals surface area contributed by atoms with E-state index >= 15 is 0 Å². The van der Waals surface area contributed by atoms with E-state index in [0.29, 0.717) is 17.2 Å². The Morgan fingerprint density at radius 2 is 1.88 bits per heavy atom. The molecule has 2 amide bonds. The first-order valence-corrected chi connectivity index (χ1v) is 9.27. The van der Waals surface area contributed by atoms with E-state index in [9.17, 15) is 9.59 Å². The van der Waals surface area contributed by atoms with Gasteiger partial charge in [0.2, 0.25) is 5.91 Å². The largest absolute Gasteiger partial charge is 0.469 e. The molecule has 1 aromatic carbocycles. The van der Waals surface area contributed by atoms with Crippen LogP contribution < -0.4 is 5.32 Å². The molecule has 1 aliphatic heterocycles. The zero-order chi connectivity index (χ0) is 18.4. The van der Waals surface area contributed by atoms with Gasteiger partial charge in [-0.25, -0.2) is 0 Å². The Morgan fingerprint density at radius 3 is 2.54 bits per heavy atom. The number of aryl methyl sites for hydroxylation is 2. The molecule has 0 saturated carbocycles. The Kier molecular flexibility index (Phi) is 6.10. The summed E-state index contributed by atoms with van der Waals surface area (Å²) >= 11 is 0. The highest BCUT2D eigenvalue weighted by Gasteiger charge is 2.23. The van der Waals surface area contributed by atoms with Crippen LogP contribution in [0, 0.1) is 12.8 Å². The summed E-state index contributed by atoms with van der Waals surface area (Å²) in [6.07, 6.45) is 5.81. The van der Waals surface area contributed by atoms with Crippen molar-refractivity contribution in [3.63, 3.8) is 0 Å². The van der Waals surface area contributed by atoms with Crippen molar-refractivity contribution < 1.29 is 14.0 Å². The first kappa shape index (κ1) is 18.2. The maximum atomic E-state index is 12.3. The van der Waals surface area contributed by atoms with Gasteiger partial charge in [-0.2, -0.15) is 0 Å². The fraction of sp³-hybridized carbons (Fsp3) is 0.429. The third-order valence-electron chi connectivity index (χ3n) is 5.15. The maximum Gasteiger partial charge on any atom is 0.255 e. The Bertz CT molecular complexity index is 731. The molecule has 26 heavy (non-hydrogen) atoms. The van der Waals surface area contributed by atoms with Crippen molar-refractivity contribution in [3.8, 4) is 0 Å². The molecule has 0 unspecified atom stereocenters. The fourth-order valence-corrected chi connectivity index (χ4v) is 3.47. The number of rotatable bonds is 6. The van der Waals surface area contributed by atoms with Crippen LogP contribution in [-0.4, -0.2) is 36.3 Å². The van der Waals surface area contributed by atoms with Crippen LogP contribution in [0.4, 0.5) is 0 Å². The molecular weight excluding hydrogens is 328 g/mol. The second-order valence-corrected chi connectivity index (χ2v) is 6.92. The smallest absolute Gasteiger partial charge is 0.255 e. The van der Waals surface area contributed by atoms with Gasteiger partial charge >= 0.3 is 0 Å². The van der Waals surface area contributed by atoms with Gasteiger partial charge in [0.25, 0.3) is 5.91 Å². The molecule has 5 heteroatoms. The number of amides is 2. The minimum absolute atomic E-state index is 0.0130. The Hall–Kier alpha value is -2.56. The van der Waals surface area contributed by atoms with Crippen LogP contribution in [0.5, 0.6) is 0 Å². The molecular formula is C21H26N2O3. The lowest BCUT2D eigenvalue weighted by Crippen LogP contribution is -2.44. The summed E-state index contributed by atoms with van der Waals surface area (Å²) in [7, 11) is 0. The second kappa shape index (κ2) is 8.70. The number of hydrogen-bond acceptors (Lipinski definition) is 3. The minimum Gasteiger partial charge on any atom is -0.469 e. The summed E-state index contributed by atoms with van der Waals surface area (Å²) in [5.74, 6) is 0.958. The lowest BCUT2D eigenvalue weighted by Gasteiger charge is -2.32. The van der Waals surface area contributed by atoms with Crippen LogP contribution in [0.1, 0.15) is 40.9 Å². The number of benzene rings is 1. The standard InChI is InChI=1S/C21H26N2O3/c1-16-19(11-14-26-16)21(25)22-15-20(24)23-12-9-18(10-13-23)8-7-17-5-3-2-4-6-17/h2-6,11,14,18H,7-10,12-13,15H2,1H3,(H,22,25). The molecule has 1 N–H and O–H groups in total. The number of hydrogen-bond donors (Lipinski definition) is 1. The van der Waals surface area contributed by atoms with Crippen molar-refractivity contribution in [2.75, 3.05) is 19.6 Å². The van der Waals surface area contributed by atoms with Gasteiger partial charge in [-0.05, 0) is 50.2 Å². The number of piperidine rings is 1. The topological polar surface area (TPSA) is 62.6 Å². The molecule has 2 heterocycles. The summed E-state index contributed by atoms with van der Waals surface area (Å²) in [4.78, 5) is 26.2. The van der Waals surface area contributed by atoms with Gasteiger partial charge in [-0.1, -0.05) is 30.3 Å². The number of carbonyl (C=O) groups excluding carboxylic acids is 2. The van der Waals surface area contributed by atoms with Crippen LogP contribution in [0.25, 0.3) is 0 Å². The van der Waals surface area contributed by atoms with Crippen molar-refractivity contribution in [1.82, 2.24) is 10.2 Å². The molecule has 0 bridgehead atoms. The van der Waals surface area contributed by atoms with Crippen LogP contribution >= 0.6 is 0 Å². The molecule has 1 aliphatic rings. The van der Waals surface area contributed by atoms with E-state index in [1.165, 1.54) is 18.2 Å². The number of furan rings is 1. The van der Waals surface area contributed by atoms with Crippen molar-refractivity contribution in [2.45, 2.75) is 32.6 Å². The zero-order valence-corrected chi connectivity index (χ0v) is 15.2.